The van der Waals surface area contributed by atoms with E-state index in [1.807, 2.05) is 41.9 Å². The number of rotatable bonds is 3. The first-order valence-corrected chi connectivity index (χ1v) is 6.04. The molecule has 0 fully saturated rings. The minimum Gasteiger partial charge on any atom is -0.493 e. The summed E-state index contributed by atoms with van der Waals surface area (Å²) in [4.78, 5) is 0. The maximum Gasteiger partial charge on any atom is 0.127 e. The van der Waals surface area contributed by atoms with Crippen molar-refractivity contribution in [3.05, 3.63) is 54.9 Å². The predicted molar refractivity (Wildman–Crippen MR) is 71.8 cm³/mol. The van der Waals surface area contributed by atoms with Crippen molar-refractivity contribution in [2.45, 2.75) is 6.92 Å². The molecule has 0 amide bonds. The summed E-state index contributed by atoms with van der Waals surface area (Å²) in [5, 5.41) is 4.20. The summed E-state index contributed by atoms with van der Waals surface area (Å²) in [5.41, 5.74) is 3.34. The number of aromatic nitrogens is 2. The van der Waals surface area contributed by atoms with Crippen LogP contribution < -0.4 is 4.74 Å². The Morgan fingerprint density at radius 1 is 1.17 bits per heavy atom. The molecule has 2 heterocycles. The number of fused-ring (bicyclic) bond motifs is 1. The summed E-state index contributed by atoms with van der Waals surface area (Å²) < 4.78 is 7.52. The number of hydrogen-bond donors (Lipinski definition) is 0. The lowest BCUT2D eigenvalue weighted by atomic mass is 10.1. The van der Waals surface area contributed by atoms with E-state index in [1.54, 1.807) is 6.20 Å². The predicted octanol–water partition coefficient (Wildman–Crippen LogP) is 3.40. The van der Waals surface area contributed by atoms with Gasteiger partial charge in [-0.3, -0.25) is 0 Å². The van der Waals surface area contributed by atoms with Crippen LogP contribution in [0, 0.1) is 0 Å². The van der Waals surface area contributed by atoms with Crippen LogP contribution in [0.1, 0.15) is 6.92 Å². The molecule has 0 aliphatic heterocycles. The fraction of sp³-hybridized carbons (Fsp3) is 0.133. The molecule has 0 unspecified atom stereocenters. The fourth-order valence-corrected chi connectivity index (χ4v) is 2.08. The van der Waals surface area contributed by atoms with Gasteiger partial charge in [0.1, 0.15) is 5.75 Å². The van der Waals surface area contributed by atoms with Gasteiger partial charge in [0.2, 0.25) is 0 Å². The fourth-order valence-electron chi connectivity index (χ4n) is 2.08. The first-order valence-electron chi connectivity index (χ1n) is 6.04. The van der Waals surface area contributed by atoms with Gasteiger partial charge in [0.25, 0.3) is 0 Å². The lowest BCUT2D eigenvalue weighted by Crippen LogP contribution is -1.94. The van der Waals surface area contributed by atoms with Gasteiger partial charge in [0, 0.05) is 18.0 Å². The van der Waals surface area contributed by atoms with Gasteiger partial charge < -0.3 is 4.74 Å². The van der Waals surface area contributed by atoms with Gasteiger partial charge in [-0.1, -0.05) is 18.2 Å². The van der Waals surface area contributed by atoms with Gasteiger partial charge in [-0.2, -0.15) is 5.10 Å². The first-order chi connectivity index (χ1) is 8.88. The van der Waals surface area contributed by atoms with E-state index in [4.69, 9.17) is 4.74 Å². The van der Waals surface area contributed by atoms with E-state index in [1.165, 1.54) is 0 Å². The van der Waals surface area contributed by atoms with Crippen LogP contribution in [0.25, 0.3) is 16.6 Å². The van der Waals surface area contributed by atoms with E-state index in [0.29, 0.717) is 6.61 Å². The zero-order chi connectivity index (χ0) is 12.4. The van der Waals surface area contributed by atoms with Crippen LogP contribution in [0.5, 0.6) is 5.75 Å². The molecule has 1 aromatic carbocycles. The molecule has 0 aliphatic carbocycles. The number of para-hydroxylation sites is 1. The normalized spacial score (nSPS) is 10.7. The van der Waals surface area contributed by atoms with Crippen LogP contribution in [0.2, 0.25) is 0 Å². The summed E-state index contributed by atoms with van der Waals surface area (Å²) in [7, 11) is 0. The Morgan fingerprint density at radius 2 is 2.06 bits per heavy atom. The number of nitrogens with zero attached hydrogens (tertiary/aromatic N) is 2. The van der Waals surface area contributed by atoms with Crippen molar-refractivity contribution < 1.29 is 4.74 Å². The molecule has 0 saturated heterocycles. The highest BCUT2D eigenvalue weighted by atomic mass is 16.5. The summed E-state index contributed by atoms with van der Waals surface area (Å²) in [5.74, 6) is 0.920. The lowest BCUT2D eigenvalue weighted by molar-refractivity contribution is 0.341. The molecular weight excluding hydrogens is 224 g/mol. The van der Waals surface area contributed by atoms with Crippen molar-refractivity contribution >= 4 is 5.52 Å². The summed E-state index contributed by atoms with van der Waals surface area (Å²) >= 11 is 0. The highest BCUT2D eigenvalue weighted by Gasteiger charge is 2.06. The molecule has 3 nitrogen and oxygen atoms in total. The van der Waals surface area contributed by atoms with E-state index in [9.17, 15) is 0 Å². The zero-order valence-electron chi connectivity index (χ0n) is 10.2. The smallest absolute Gasteiger partial charge is 0.127 e. The maximum atomic E-state index is 5.66. The molecule has 0 saturated carbocycles. The number of pyridine rings is 1. The third-order valence-electron chi connectivity index (χ3n) is 2.90. The number of ether oxygens (including phenoxy) is 1. The Labute approximate surface area is 106 Å². The van der Waals surface area contributed by atoms with Gasteiger partial charge in [-0.15, -0.1) is 0 Å². The highest BCUT2D eigenvalue weighted by molar-refractivity contribution is 5.73. The third kappa shape index (κ3) is 1.84. The van der Waals surface area contributed by atoms with Gasteiger partial charge in [0.15, 0.2) is 0 Å². The van der Waals surface area contributed by atoms with E-state index in [2.05, 4.69) is 23.3 Å². The van der Waals surface area contributed by atoms with Crippen LogP contribution in [0.4, 0.5) is 0 Å². The average molecular weight is 238 g/mol. The van der Waals surface area contributed by atoms with Crippen molar-refractivity contribution in [2.75, 3.05) is 6.61 Å². The molecule has 0 radical (unpaired) electrons. The first kappa shape index (κ1) is 10.8. The highest BCUT2D eigenvalue weighted by Crippen LogP contribution is 2.30. The molecule has 3 rings (SSSR count). The summed E-state index contributed by atoms with van der Waals surface area (Å²) in [6.07, 6.45) is 3.76. The molecular formula is C15H14N2O. The molecule has 90 valence electrons. The topological polar surface area (TPSA) is 26.5 Å². The van der Waals surface area contributed by atoms with E-state index < -0.39 is 0 Å². The van der Waals surface area contributed by atoms with E-state index in [-0.39, 0.29) is 0 Å². The molecule has 0 N–H and O–H groups in total. The van der Waals surface area contributed by atoms with Crippen molar-refractivity contribution in [1.29, 1.82) is 0 Å². The Morgan fingerprint density at radius 3 is 2.94 bits per heavy atom. The molecule has 2 aromatic heterocycles. The van der Waals surface area contributed by atoms with Crippen LogP contribution >= 0.6 is 0 Å². The molecule has 3 aromatic rings. The van der Waals surface area contributed by atoms with Crippen LogP contribution in [0.15, 0.2) is 54.9 Å². The second-order valence-electron chi connectivity index (χ2n) is 4.05. The minimum atomic E-state index is 0.673. The monoisotopic (exact) mass is 238 g/mol. The van der Waals surface area contributed by atoms with Crippen molar-refractivity contribution in [3.63, 3.8) is 0 Å². The largest absolute Gasteiger partial charge is 0.493 e. The number of hydrogen-bond acceptors (Lipinski definition) is 2. The van der Waals surface area contributed by atoms with Crippen LogP contribution in [-0.4, -0.2) is 16.2 Å². The number of benzene rings is 1. The van der Waals surface area contributed by atoms with Gasteiger partial charge >= 0.3 is 0 Å². The Kier molecular flexibility index (Phi) is 2.73. The van der Waals surface area contributed by atoms with Crippen molar-refractivity contribution in [3.8, 4) is 16.9 Å². The molecule has 0 bridgehead atoms. The Balaban J connectivity index is 2.12. The molecule has 3 heteroatoms. The third-order valence-corrected chi connectivity index (χ3v) is 2.90. The molecule has 18 heavy (non-hydrogen) atoms. The van der Waals surface area contributed by atoms with Gasteiger partial charge in [0.05, 0.1) is 12.1 Å². The molecule has 0 aliphatic rings. The van der Waals surface area contributed by atoms with Gasteiger partial charge in [-0.25, -0.2) is 4.52 Å². The summed E-state index contributed by atoms with van der Waals surface area (Å²) in [6, 6.07) is 14.3. The SMILES string of the molecule is CCOc1ccccc1-c1ccn2nccc2c1. The quantitative estimate of drug-likeness (QED) is 0.699. The van der Waals surface area contributed by atoms with Gasteiger partial charge in [-0.05, 0) is 36.8 Å². The van der Waals surface area contributed by atoms with Crippen molar-refractivity contribution in [1.82, 2.24) is 9.61 Å². The molecule has 0 atom stereocenters. The second-order valence-corrected chi connectivity index (χ2v) is 4.05. The maximum absolute atomic E-state index is 5.66. The van der Waals surface area contributed by atoms with Crippen LogP contribution in [0.3, 0.4) is 0 Å². The Hall–Kier alpha value is -2.29. The standard InChI is InChI=1S/C15H14N2O/c1-2-18-15-6-4-3-5-14(15)12-8-10-17-13(11-12)7-9-16-17/h3-11H,2H2,1H3. The van der Waals surface area contributed by atoms with Crippen LogP contribution in [-0.2, 0) is 0 Å². The lowest BCUT2D eigenvalue weighted by Gasteiger charge is -2.10. The van der Waals surface area contributed by atoms with E-state index in [0.717, 1.165) is 22.4 Å². The average Bonchev–Trinajstić information content (AvgIpc) is 2.87. The minimum absolute atomic E-state index is 0.673. The second kappa shape index (κ2) is 4.53. The zero-order valence-corrected chi connectivity index (χ0v) is 10.2. The summed E-state index contributed by atoms with van der Waals surface area (Å²) in [6.45, 7) is 2.67. The Bertz CT molecular complexity index is 673. The van der Waals surface area contributed by atoms with E-state index >= 15 is 0 Å². The van der Waals surface area contributed by atoms with Crippen molar-refractivity contribution in [2.24, 2.45) is 0 Å². The molecule has 0 spiro atoms.